The highest BCUT2D eigenvalue weighted by molar-refractivity contribution is 5.84. The van der Waals surface area contributed by atoms with E-state index < -0.39 is 6.04 Å². The molecule has 0 aliphatic heterocycles. The highest BCUT2D eigenvalue weighted by atomic mass is 16.5. The molecule has 4 heteroatoms. The number of hydrogen-bond acceptors (Lipinski definition) is 3. The summed E-state index contributed by atoms with van der Waals surface area (Å²) < 4.78 is 5.05. The van der Waals surface area contributed by atoms with Crippen molar-refractivity contribution in [3.8, 4) is 0 Å². The zero-order valence-electron chi connectivity index (χ0n) is 16.4. The number of unbranched alkanes of at least 4 members (excludes halogenated alkanes) is 8. The van der Waals surface area contributed by atoms with Gasteiger partial charge in [0.05, 0.1) is 6.61 Å². The summed E-state index contributed by atoms with van der Waals surface area (Å²) in [7, 11) is 0. The standard InChI is InChI=1S/C20H39NO3/c1-5-7-8-9-10-11-12-13-14-15-19(22)21-18(16-17(3)4)20(23)24-6-2/h17-18H,5-16H2,1-4H3,(H,21,22)/t18-/m0/s1. The molecule has 1 amide bonds. The van der Waals surface area contributed by atoms with Crippen LogP contribution in [0.2, 0.25) is 0 Å². The first kappa shape index (κ1) is 22.9. The van der Waals surface area contributed by atoms with E-state index in [-0.39, 0.29) is 11.9 Å². The SMILES string of the molecule is CCCCCCCCCCCC(=O)N[C@@H](CC(C)C)C(=O)OCC. The van der Waals surface area contributed by atoms with Gasteiger partial charge in [-0.2, -0.15) is 0 Å². The van der Waals surface area contributed by atoms with Crippen molar-refractivity contribution in [1.29, 1.82) is 0 Å². The number of amides is 1. The number of hydrogen-bond donors (Lipinski definition) is 1. The molecule has 0 fully saturated rings. The molecule has 0 bridgehead atoms. The van der Waals surface area contributed by atoms with Gasteiger partial charge >= 0.3 is 5.97 Å². The molecular weight excluding hydrogens is 302 g/mol. The molecule has 0 aliphatic rings. The number of ether oxygens (including phenoxy) is 1. The molecule has 0 aromatic rings. The fourth-order valence-corrected chi connectivity index (χ4v) is 2.79. The lowest BCUT2D eigenvalue weighted by molar-refractivity contribution is -0.147. The normalized spacial score (nSPS) is 12.2. The summed E-state index contributed by atoms with van der Waals surface area (Å²) in [6.45, 7) is 8.45. The van der Waals surface area contributed by atoms with Gasteiger partial charge in [0.1, 0.15) is 6.04 Å². The van der Waals surface area contributed by atoms with Crippen LogP contribution in [0.4, 0.5) is 0 Å². The van der Waals surface area contributed by atoms with Crippen molar-refractivity contribution < 1.29 is 14.3 Å². The molecule has 0 saturated carbocycles. The van der Waals surface area contributed by atoms with E-state index in [2.05, 4.69) is 12.2 Å². The van der Waals surface area contributed by atoms with Gasteiger partial charge < -0.3 is 10.1 Å². The monoisotopic (exact) mass is 341 g/mol. The van der Waals surface area contributed by atoms with Crippen molar-refractivity contribution in [3.05, 3.63) is 0 Å². The second-order valence-electron chi connectivity index (χ2n) is 7.08. The Hall–Kier alpha value is -1.06. The summed E-state index contributed by atoms with van der Waals surface area (Å²) >= 11 is 0. The van der Waals surface area contributed by atoms with Gasteiger partial charge in [-0.3, -0.25) is 4.79 Å². The van der Waals surface area contributed by atoms with E-state index in [0.717, 1.165) is 12.8 Å². The smallest absolute Gasteiger partial charge is 0.328 e. The minimum Gasteiger partial charge on any atom is -0.464 e. The average molecular weight is 342 g/mol. The maximum Gasteiger partial charge on any atom is 0.328 e. The van der Waals surface area contributed by atoms with Crippen LogP contribution in [-0.2, 0) is 14.3 Å². The highest BCUT2D eigenvalue weighted by Crippen LogP contribution is 2.11. The van der Waals surface area contributed by atoms with Gasteiger partial charge in [0.2, 0.25) is 5.91 Å². The van der Waals surface area contributed by atoms with Crippen molar-refractivity contribution in [1.82, 2.24) is 5.32 Å². The van der Waals surface area contributed by atoms with Crippen LogP contribution in [0.1, 0.15) is 98.3 Å². The first-order valence-electron chi connectivity index (χ1n) is 9.97. The predicted octanol–water partition coefficient (Wildman–Crippen LogP) is 5.00. The van der Waals surface area contributed by atoms with Gasteiger partial charge in [0.15, 0.2) is 0 Å². The third-order valence-electron chi connectivity index (χ3n) is 4.12. The van der Waals surface area contributed by atoms with E-state index in [1.54, 1.807) is 6.92 Å². The lowest BCUT2D eigenvalue weighted by atomic mass is 10.0. The molecule has 0 saturated heterocycles. The third-order valence-corrected chi connectivity index (χ3v) is 4.12. The Labute approximate surface area is 149 Å². The molecule has 0 rings (SSSR count). The van der Waals surface area contributed by atoms with Crippen molar-refractivity contribution in [2.45, 2.75) is 104 Å². The molecule has 0 aromatic carbocycles. The number of esters is 1. The van der Waals surface area contributed by atoms with E-state index in [1.165, 1.54) is 44.9 Å². The first-order valence-corrected chi connectivity index (χ1v) is 9.97. The van der Waals surface area contributed by atoms with Crippen molar-refractivity contribution in [2.75, 3.05) is 6.61 Å². The molecule has 0 radical (unpaired) electrons. The lowest BCUT2D eigenvalue weighted by Crippen LogP contribution is -2.42. The maximum absolute atomic E-state index is 12.0. The summed E-state index contributed by atoms with van der Waals surface area (Å²) in [6.07, 6.45) is 12.2. The molecule has 24 heavy (non-hydrogen) atoms. The van der Waals surface area contributed by atoms with Gasteiger partial charge in [-0.1, -0.05) is 72.1 Å². The summed E-state index contributed by atoms with van der Waals surface area (Å²) in [5.41, 5.74) is 0. The summed E-state index contributed by atoms with van der Waals surface area (Å²) in [5.74, 6) is -0.00399. The number of nitrogens with one attached hydrogen (secondary N) is 1. The Bertz CT molecular complexity index is 329. The van der Waals surface area contributed by atoms with Crippen molar-refractivity contribution >= 4 is 11.9 Å². The van der Waals surface area contributed by atoms with Crippen LogP contribution in [0.25, 0.3) is 0 Å². The van der Waals surface area contributed by atoms with E-state index >= 15 is 0 Å². The van der Waals surface area contributed by atoms with Crippen LogP contribution < -0.4 is 5.32 Å². The number of carbonyl (C=O) groups is 2. The van der Waals surface area contributed by atoms with E-state index in [4.69, 9.17) is 4.74 Å². The molecule has 1 atom stereocenters. The second-order valence-corrected chi connectivity index (χ2v) is 7.08. The van der Waals surface area contributed by atoms with Crippen LogP contribution in [0.5, 0.6) is 0 Å². The molecular formula is C20H39NO3. The molecule has 1 N–H and O–H groups in total. The van der Waals surface area contributed by atoms with Crippen LogP contribution in [0.15, 0.2) is 0 Å². The minimum absolute atomic E-state index is 0.0309. The van der Waals surface area contributed by atoms with E-state index in [1.807, 2.05) is 13.8 Å². The van der Waals surface area contributed by atoms with E-state index in [9.17, 15) is 9.59 Å². The molecule has 0 aromatic heterocycles. The van der Waals surface area contributed by atoms with E-state index in [0.29, 0.717) is 25.4 Å². The molecule has 0 heterocycles. The van der Waals surface area contributed by atoms with Crippen LogP contribution >= 0.6 is 0 Å². The van der Waals surface area contributed by atoms with Gasteiger partial charge in [-0.05, 0) is 25.7 Å². The third kappa shape index (κ3) is 13.4. The zero-order chi connectivity index (χ0) is 18.2. The molecule has 142 valence electrons. The first-order chi connectivity index (χ1) is 11.5. The highest BCUT2D eigenvalue weighted by Gasteiger charge is 2.22. The minimum atomic E-state index is -0.504. The lowest BCUT2D eigenvalue weighted by Gasteiger charge is -2.19. The fourth-order valence-electron chi connectivity index (χ4n) is 2.79. The predicted molar refractivity (Wildman–Crippen MR) is 99.9 cm³/mol. The maximum atomic E-state index is 12.0. The zero-order valence-corrected chi connectivity index (χ0v) is 16.4. The van der Waals surface area contributed by atoms with Crippen molar-refractivity contribution in [2.24, 2.45) is 5.92 Å². The molecule has 4 nitrogen and oxygen atoms in total. The largest absolute Gasteiger partial charge is 0.464 e. The molecule has 0 aliphatic carbocycles. The second kappa shape index (κ2) is 15.5. The fraction of sp³-hybridized carbons (Fsp3) is 0.900. The topological polar surface area (TPSA) is 55.4 Å². The van der Waals surface area contributed by atoms with Crippen LogP contribution in [0.3, 0.4) is 0 Å². The Balaban J connectivity index is 3.82. The quantitative estimate of drug-likeness (QED) is 0.337. The Morgan fingerprint density at radius 2 is 1.42 bits per heavy atom. The average Bonchev–Trinajstić information content (AvgIpc) is 2.52. The Morgan fingerprint density at radius 3 is 1.92 bits per heavy atom. The molecule has 0 unspecified atom stereocenters. The van der Waals surface area contributed by atoms with Crippen LogP contribution in [-0.4, -0.2) is 24.5 Å². The Kier molecular flexibility index (Phi) is 14.8. The van der Waals surface area contributed by atoms with Crippen molar-refractivity contribution in [3.63, 3.8) is 0 Å². The summed E-state index contributed by atoms with van der Waals surface area (Å²) in [6, 6.07) is -0.504. The number of carbonyl (C=O) groups excluding carboxylic acids is 2. The van der Waals surface area contributed by atoms with Gasteiger partial charge in [0.25, 0.3) is 0 Å². The van der Waals surface area contributed by atoms with Gasteiger partial charge in [-0.25, -0.2) is 4.79 Å². The summed E-state index contributed by atoms with van der Waals surface area (Å²) in [5, 5.41) is 2.84. The molecule has 0 spiro atoms. The Morgan fingerprint density at radius 1 is 0.875 bits per heavy atom. The number of rotatable bonds is 15. The van der Waals surface area contributed by atoms with Gasteiger partial charge in [-0.15, -0.1) is 0 Å². The summed E-state index contributed by atoms with van der Waals surface area (Å²) in [4.78, 5) is 23.9. The van der Waals surface area contributed by atoms with Gasteiger partial charge in [0, 0.05) is 6.42 Å². The van der Waals surface area contributed by atoms with Crippen LogP contribution in [0, 0.1) is 5.92 Å².